The molecular formula is C23H32N4O2. The maximum atomic E-state index is 12.7. The minimum Gasteiger partial charge on any atom is -0.339 e. The first kappa shape index (κ1) is 20.1. The van der Waals surface area contributed by atoms with E-state index in [0.717, 1.165) is 50.9 Å². The fraction of sp³-hybridized carbons (Fsp3) is 0.565. The SMILES string of the molecule is O=C(C=Cc1ccccc1)N1CCN(CC(=O)N2CCN(C3CCC3)CC2)CC1. The van der Waals surface area contributed by atoms with Gasteiger partial charge in [0.2, 0.25) is 11.8 Å². The summed E-state index contributed by atoms with van der Waals surface area (Å²) >= 11 is 0. The Balaban J connectivity index is 1.17. The normalized spacial score (nSPS) is 22.1. The first-order valence-corrected chi connectivity index (χ1v) is 11.0. The van der Waals surface area contributed by atoms with Crippen LogP contribution in [0.4, 0.5) is 0 Å². The molecule has 0 unspecified atom stereocenters. The summed E-state index contributed by atoms with van der Waals surface area (Å²) in [7, 11) is 0. The van der Waals surface area contributed by atoms with Gasteiger partial charge < -0.3 is 9.80 Å². The van der Waals surface area contributed by atoms with Crippen molar-refractivity contribution < 1.29 is 9.59 Å². The molecule has 6 nitrogen and oxygen atoms in total. The molecule has 2 aliphatic heterocycles. The molecule has 1 aromatic carbocycles. The van der Waals surface area contributed by atoms with E-state index in [-0.39, 0.29) is 11.8 Å². The van der Waals surface area contributed by atoms with E-state index in [4.69, 9.17) is 0 Å². The Hall–Kier alpha value is -2.18. The van der Waals surface area contributed by atoms with Gasteiger partial charge in [-0.1, -0.05) is 36.8 Å². The highest BCUT2D eigenvalue weighted by molar-refractivity contribution is 5.91. The van der Waals surface area contributed by atoms with Gasteiger partial charge in [0.05, 0.1) is 6.54 Å². The number of hydrogen-bond donors (Lipinski definition) is 0. The van der Waals surface area contributed by atoms with E-state index >= 15 is 0 Å². The van der Waals surface area contributed by atoms with E-state index < -0.39 is 0 Å². The molecular weight excluding hydrogens is 364 g/mol. The summed E-state index contributed by atoms with van der Waals surface area (Å²) in [4.78, 5) is 33.7. The number of carbonyl (C=O) groups excluding carboxylic acids is 2. The predicted molar refractivity (Wildman–Crippen MR) is 114 cm³/mol. The van der Waals surface area contributed by atoms with E-state index in [1.807, 2.05) is 46.2 Å². The second-order valence-corrected chi connectivity index (χ2v) is 8.35. The van der Waals surface area contributed by atoms with E-state index in [0.29, 0.717) is 19.6 Å². The van der Waals surface area contributed by atoms with Crippen molar-refractivity contribution in [1.29, 1.82) is 0 Å². The van der Waals surface area contributed by atoms with E-state index in [1.54, 1.807) is 6.08 Å². The molecule has 6 heteroatoms. The van der Waals surface area contributed by atoms with Crippen LogP contribution in [0.1, 0.15) is 24.8 Å². The van der Waals surface area contributed by atoms with Crippen LogP contribution in [-0.2, 0) is 9.59 Å². The quantitative estimate of drug-likeness (QED) is 0.709. The summed E-state index contributed by atoms with van der Waals surface area (Å²) in [5, 5.41) is 0. The highest BCUT2D eigenvalue weighted by Crippen LogP contribution is 2.25. The average molecular weight is 397 g/mol. The third-order valence-electron chi connectivity index (χ3n) is 6.52. The summed E-state index contributed by atoms with van der Waals surface area (Å²) in [6.45, 7) is 7.12. The lowest BCUT2D eigenvalue weighted by Crippen LogP contribution is -2.56. The van der Waals surface area contributed by atoms with Crippen molar-refractivity contribution in [2.24, 2.45) is 0 Å². The van der Waals surface area contributed by atoms with Crippen molar-refractivity contribution in [3.63, 3.8) is 0 Å². The van der Waals surface area contributed by atoms with Crippen LogP contribution < -0.4 is 0 Å². The van der Waals surface area contributed by atoms with Crippen LogP contribution in [-0.4, -0.2) is 96.4 Å². The van der Waals surface area contributed by atoms with Crippen LogP contribution in [0.15, 0.2) is 36.4 Å². The highest BCUT2D eigenvalue weighted by Gasteiger charge is 2.30. The molecule has 4 rings (SSSR count). The molecule has 0 bridgehead atoms. The predicted octanol–water partition coefficient (Wildman–Crippen LogP) is 1.54. The lowest BCUT2D eigenvalue weighted by atomic mass is 9.91. The molecule has 29 heavy (non-hydrogen) atoms. The zero-order valence-corrected chi connectivity index (χ0v) is 17.2. The monoisotopic (exact) mass is 396 g/mol. The van der Waals surface area contributed by atoms with Crippen LogP contribution in [0.3, 0.4) is 0 Å². The molecule has 0 radical (unpaired) electrons. The van der Waals surface area contributed by atoms with Crippen molar-refractivity contribution in [1.82, 2.24) is 19.6 Å². The molecule has 156 valence electrons. The largest absolute Gasteiger partial charge is 0.339 e. The van der Waals surface area contributed by atoms with Gasteiger partial charge in [-0.2, -0.15) is 0 Å². The van der Waals surface area contributed by atoms with E-state index in [1.165, 1.54) is 19.3 Å². The van der Waals surface area contributed by atoms with Gasteiger partial charge >= 0.3 is 0 Å². The van der Waals surface area contributed by atoms with Crippen LogP contribution in [0.2, 0.25) is 0 Å². The molecule has 3 aliphatic rings. The lowest BCUT2D eigenvalue weighted by molar-refractivity contribution is -0.135. The van der Waals surface area contributed by atoms with Crippen molar-refractivity contribution in [2.75, 3.05) is 58.9 Å². The summed E-state index contributed by atoms with van der Waals surface area (Å²) in [6.07, 6.45) is 7.54. The molecule has 1 aromatic rings. The Labute approximate surface area is 173 Å². The number of rotatable bonds is 5. The van der Waals surface area contributed by atoms with Crippen molar-refractivity contribution >= 4 is 17.9 Å². The molecule has 3 fully saturated rings. The van der Waals surface area contributed by atoms with E-state index in [9.17, 15) is 9.59 Å². The molecule has 0 atom stereocenters. The van der Waals surface area contributed by atoms with Crippen molar-refractivity contribution in [3.05, 3.63) is 42.0 Å². The summed E-state index contributed by atoms with van der Waals surface area (Å²) in [5.74, 6) is 0.286. The number of hydrogen-bond acceptors (Lipinski definition) is 4. The van der Waals surface area contributed by atoms with Crippen molar-refractivity contribution in [3.8, 4) is 0 Å². The fourth-order valence-corrected chi connectivity index (χ4v) is 4.34. The molecule has 1 aliphatic carbocycles. The number of nitrogens with zero attached hydrogens (tertiary/aromatic N) is 4. The maximum absolute atomic E-state index is 12.7. The van der Waals surface area contributed by atoms with Crippen LogP contribution in [0.25, 0.3) is 6.08 Å². The molecule has 2 amide bonds. The van der Waals surface area contributed by atoms with Gasteiger partial charge in [0.15, 0.2) is 0 Å². The van der Waals surface area contributed by atoms with Gasteiger partial charge in [-0.15, -0.1) is 0 Å². The fourth-order valence-electron chi connectivity index (χ4n) is 4.34. The topological polar surface area (TPSA) is 47.1 Å². The smallest absolute Gasteiger partial charge is 0.246 e. The summed E-state index contributed by atoms with van der Waals surface area (Å²) < 4.78 is 0. The maximum Gasteiger partial charge on any atom is 0.246 e. The molecule has 1 saturated carbocycles. The first-order valence-electron chi connectivity index (χ1n) is 11.0. The second kappa shape index (κ2) is 9.55. The zero-order chi connectivity index (χ0) is 20.1. The number of piperazine rings is 2. The average Bonchev–Trinajstić information content (AvgIpc) is 2.72. The Morgan fingerprint density at radius 3 is 2.14 bits per heavy atom. The standard InChI is InChI=1S/C23H32N4O2/c28-22(10-9-20-5-2-1-3-6-20)26-13-11-24(12-14-26)19-23(29)27-17-15-25(16-18-27)21-7-4-8-21/h1-3,5-6,9-10,21H,4,7-8,11-19H2. The number of benzene rings is 1. The van der Waals surface area contributed by atoms with Crippen LogP contribution in [0, 0.1) is 0 Å². The van der Waals surface area contributed by atoms with Gasteiger partial charge in [-0.05, 0) is 24.5 Å². The minimum absolute atomic E-state index is 0.0481. The Morgan fingerprint density at radius 1 is 0.862 bits per heavy atom. The van der Waals surface area contributed by atoms with Crippen molar-refractivity contribution in [2.45, 2.75) is 25.3 Å². The minimum atomic E-state index is 0.0481. The van der Waals surface area contributed by atoms with Gasteiger partial charge in [0.1, 0.15) is 0 Å². The molecule has 0 N–H and O–H groups in total. The number of amides is 2. The summed E-state index contributed by atoms with van der Waals surface area (Å²) in [5.41, 5.74) is 1.03. The van der Waals surface area contributed by atoms with Gasteiger partial charge in [0, 0.05) is 64.5 Å². The highest BCUT2D eigenvalue weighted by atomic mass is 16.2. The van der Waals surface area contributed by atoms with Crippen LogP contribution >= 0.6 is 0 Å². The Morgan fingerprint density at radius 2 is 1.52 bits per heavy atom. The van der Waals surface area contributed by atoms with Crippen LogP contribution in [0.5, 0.6) is 0 Å². The van der Waals surface area contributed by atoms with E-state index in [2.05, 4.69) is 9.80 Å². The molecule has 0 aromatic heterocycles. The number of carbonyl (C=O) groups is 2. The first-order chi connectivity index (χ1) is 14.2. The third kappa shape index (κ3) is 5.25. The van der Waals surface area contributed by atoms with Gasteiger partial charge in [0.25, 0.3) is 0 Å². The van der Waals surface area contributed by atoms with Gasteiger partial charge in [-0.25, -0.2) is 0 Å². The summed E-state index contributed by atoms with van der Waals surface area (Å²) in [6, 6.07) is 10.6. The lowest BCUT2D eigenvalue weighted by Gasteiger charge is -2.43. The van der Waals surface area contributed by atoms with Gasteiger partial charge in [-0.3, -0.25) is 19.4 Å². The molecule has 2 heterocycles. The second-order valence-electron chi connectivity index (χ2n) is 8.35. The molecule has 2 saturated heterocycles. The molecule has 0 spiro atoms. The third-order valence-corrected chi connectivity index (χ3v) is 6.52. The zero-order valence-electron chi connectivity index (χ0n) is 17.2. The Kier molecular flexibility index (Phi) is 6.62. The Bertz CT molecular complexity index is 716.